The van der Waals surface area contributed by atoms with E-state index in [4.69, 9.17) is 24.8 Å². The van der Waals surface area contributed by atoms with Crippen molar-refractivity contribution in [3.8, 4) is 0 Å². The average Bonchev–Trinajstić information content (AvgIpc) is 3.19. The minimum Gasteiger partial charge on any atom is -0.480 e. The first kappa shape index (κ1) is 54.4. The number of hydrogen-bond acceptors (Lipinski definition) is 9. The largest absolute Gasteiger partial charge is 0.480 e. The molecule has 0 bridgehead atoms. The predicted octanol–water partition coefficient (Wildman–Crippen LogP) is 11.8. The third-order valence-corrected chi connectivity index (χ3v) is 10.3. The fraction of sp³-hybridized carbons (Fsp3) is 0.756. The fourth-order valence-corrected chi connectivity index (χ4v) is 6.55. The van der Waals surface area contributed by atoms with E-state index in [-0.39, 0.29) is 19.4 Å². The summed E-state index contributed by atoms with van der Waals surface area (Å²) in [6.45, 7) is 2.74. The zero-order chi connectivity index (χ0) is 42.1. The fourth-order valence-electron chi connectivity index (χ4n) is 5.77. The Morgan fingerprint density at radius 1 is 0.544 bits per heavy atom. The second-order valence-electron chi connectivity index (χ2n) is 14.8. The molecule has 0 aromatic heterocycles. The molecule has 0 aromatic carbocycles. The minimum atomic E-state index is -4.72. The Morgan fingerprint density at radius 3 is 1.44 bits per heavy atom. The number of allylic oxidation sites excluding steroid dienone is 8. The summed E-state index contributed by atoms with van der Waals surface area (Å²) >= 11 is 0. The van der Waals surface area contributed by atoms with Crippen LogP contribution in [-0.4, -0.2) is 59.9 Å². The first-order valence-electron chi connectivity index (χ1n) is 22.2. The van der Waals surface area contributed by atoms with Crippen LogP contribution in [0.5, 0.6) is 0 Å². The third kappa shape index (κ3) is 40.0. The molecule has 0 amide bonds. The van der Waals surface area contributed by atoms with Crippen LogP contribution in [0.2, 0.25) is 0 Å². The molecule has 12 heteroatoms. The summed E-state index contributed by atoms with van der Waals surface area (Å²) in [5, 5.41) is 8.89. The van der Waals surface area contributed by atoms with Gasteiger partial charge in [-0.2, -0.15) is 0 Å². The number of hydrogen-bond donors (Lipinski definition) is 3. The summed E-state index contributed by atoms with van der Waals surface area (Å²) < 4.78 is 32.7. The zero-order valence-corrected chi connectivity index (χ0v) is 36.6. The van der Waals surface area contributed by atoms with Gasteiger partial charge in [0.15, 0.2) is 6.10 Å². The lowest BCUT2D eigenvalue weighted by Crippen LogP contribution is -2.34. The van der Waals surface area contributed by atoms with Crippen LogP contribution < -0.4 is 5.73 Å². The summed E-state index contributed by atoms with van der Waals surface area (Å²) in [6.07, 6.45) is 44.5. The maximum absolute atomic E-state index is 12.6. The van der Waals surface area contributed by atoms with Crippen molar-refractivity contribution in [1.82, 2.24) is 0 Å². The number of phosphoric acid groups is 1. The standard InChI is InChI=1S/C45H80NO10P/c1-3-5-7-9-11-13-15-17-19-21-23-25-27-29-31-33-35-37-44(48)56-41(39-54-57(51,52)55-40-42(46)45(49)50)38-53-43(47)36-34-32-30-28-26-24-22-20-18-16-14-12-10-8-6-4-2/h11,13,16-19,23,25,41-42H,3-10,12,14-15,20-22,24,26-40,46H2,1-2H3,(H,49,50)(H,51,52)/b13-11-,18-16-,19-17-,25-23-/t41-,42+/m1/s1. The second-order valence-corrected chi connectivity index (χ2v) is 16.3. The van der Waals surface area contributed by atoms with Crippen LogP contribution in [0, 0.1) is 0 Å². The molecule has 3 atom stereocenters. The van der Waals surface area contributed by atoms with Crippen LogP contribution >= 0.6 is 7.82 Å². The summed E-state index contributed by atoms with van der Waals surface area (Å²) in [6, 6.07) is -1.53. The van der Waals surface area contributed by atoms with Gasteiger partial charge in [-0.05, 0) is 77.0 Å². The monoisotopic (exact) mass is 826 g/mol. The van der Waals surface area contributed by atoms with Crippen molar-refractivity contribution in [3.05, 3.63) is 48.6 Å². The molecule has 0 rings (SSSR count). The molecule has 330 valence electrons. The van der Waals surface area contributed by atoms with E-state index in [0.29, 0.717) is 12.8 Å². The molecule has 0 radical (unpaired) electrons. The normalized spacial score (nSPS) is 14.2. The summed E-state index contributed by atoms with van der Waals surface area (Å²) in [5.74, 6) is -2.41. The minimum absolute atomic E-state index is 0.134. The lowest BCUT2D eigenvalue weighted by atomic mass is 10.1. The van der Waals surface area contributed by atoms with Crippen molar-refractivity contribution in [2.45, 2.75) is 199 Å². The van der Waals surface area contributed by atoms with Crippen molar-refractivity contribution >= 4 is 25.7 Å². The van der Waals surface area contributed by atoms with Crippen molar-refractivity contribution < 1.29 is 47.5 Å². The molecular formula is C45H80NO10P. The number of phosphoric ester groups is 1. The second kappa shape index (κ2) is 40.2. The van der Waals surface area contributed by atoms with Gasteiger partial charge in [-0.15, -0.1) is 0 Å². The average molecular weight is 826 g/mol. The van der Waals surface area contributed by atoms with Crippen molar-refractivity contribution in [2.24, 2.45) is 5.73 Å². The van der Waals surface area contributed by atoms with Gasteiger partial charge < -0.3 is 25.2 Å². The molecular weight excluding hydrogens is 745 g/mol. The highest BCUT2D eigenvalue weighted by atomic mass is 31.2. The van der Waals surface area contributed by atoms with Gasteiger partial charge in [-0.1, -0.05) is 146 Å². The predicted molar refractivity (Wildman–Crippen MR) is 231 cm³/mol. The van der Waals surface area contributed by atoms with Crippen molar-refractivity contribution in [1.29, 1.82) is 0 Å². The maximum Gasteiger partial charge on any atom is 0.472 e. The van der Waals surface area contributed by atoms with E-state index < -0.39 is 51.1 Å². The van der Waals surface area contributed by atoms with E-state index in [9.17, 15) is 23.8 Å². The third-order valence-electron chi connectivity index (χ3n) is 9.30. The molecule has 0 aliphatic heterocycles. The Labute approximate surface area is 345 Å². The molecule has 0 saturated carbocycles. The molecule has 0 spiro atoms. The first-order valence-corrected chi connectivity index (χ1v) is 23.7. The molecule has 0 aromatic rings. The van der Waals surface area contributed by atoms with Gasteiger partial charge in [-0.3, -0.25) is 23.4 Å². The quantitative estimate of drug-likeness (QED) is 0.0232. The molecule has 4 N–H and O–H groups in total. The van der Waals surface area contributed by atoms with E-state index in [2.05, 4.69) is 67.0 Å². The van der Waals surface area contributed by atoms with Gasteiger partial charge in [0.1, 0.15) is 12.6 Å². The Bertz CT molecular complexity index is 1150. The van der Waals surface area contributed by atoms with E-state index in [1.165, 1.54) is 77.0 Å². The summed E-state index contributed by atoms with van der Waals surface area (Å²) in [4.78, 5) is 46.0. The Hall–Kier alpha value is -2.56. The van der Waals surface area contributed by atoms with Gasteiger partial charge in [0, 0.05) is 12.8 Å². The van der Waals surface area contributed by atoms with Crippen LogP contribution in [0.25, 0.3) is 0 Å². The van der Waals surface area contributed by atoms with Crippen LogP contribution in [0.3, 0.4) is 0 Å². The number of aliphatic carboxylic acids is 1. The Kier molecular flexibility index (Phi) is 38.4. The van der Waals surface area contributed by atoms with Gasteiger partial charge >= 0.3 is 25.7 Å². The number of ether oxygens (including phenoxy) is 2. The Morgan fingerprint density at radius 2 is 0.930 bits per heavy atom. The molecule has 0 fully saturated rings. The summed E-state index contributed by atoms with van der Waals surface area (Å²) in [7, 11) is -4.72. The summed E-state index contributed by atoms with van der Waals surface area (Å²) in [5.41, 5.74) is 5.33. The molecule has 0 saturated heterocycles. The van der Waals surface area contributed by atoms with Crippen molar-refractivity contribution in [2.75, 3.05) is 19.8 Å². The zero-order valence-electron chi connectivity index (χ0n) is 35.7. The number of carbonyl (C=O) groups is 3. The number of carboxylic acid groups (broad SMARTS) is 1. The lowest BCUT2D eigenvalue weighted by molar-refractivity contribution is -0.161. The number of unbranched alkanes of at least 4 members (excludes halogenated alkanes) is 19. The van der Waals surface area contributed by atoms with Gasteiger partial charge in [-0.25, -0.2) is 4.57 Å². The Balaban J connectivity index is 4.41. The molecule has 11 nitrogen and oxygen atoms in total. The molecule has 57 heavy (non-hydrogen) atoms. The maximum atomic E-state index is 12.6. The molecule has 0 aliphatic carbocycles. The topological polar surface area (TPSA) is 172 Å². The van der Waals surface area contributed by atoms with E-state index in [0.717, 1.165) is 70.6 Å². The highest BCUT2D eigenvalue weighted by Crippen LogP contribution is 2.43. The number of carbonyl (C=O) groups excluding carboxylic acids is 2. The number of esters is 2. The number of nitrogens with two attached hydrogens (primary N) is 1. The SMILES string of the molecule is CCCCC/C=C\C/C=C\C/C=C\CCCCCCC(=O)O[C@H](COC(=O)CCCCCCCCC/C=C\CCCCCCC)COP(=O)(O)OC[C@H](N)C(=O)O. The van der Waals surface area contributed by atoms with Gasteiger partial charge in [0.05, 0.1) is 13.2 Å². The first-order chi connectivity index (χ1) is 27.6. The van der Waals surface area contributed by atoms with Gasteiger partial charge in [0.2, 0.25) is 0 Å². The van der Waals surface area contributed by atoms with Crippen LogP contribution in [0.4, 0.5) is 0 Å². The van der Waals surface area contributed by atoms with E-state index in [1.54, 1.807) is 0 Å². The van der Waals surface area contributed by atoms with Crippen LogP contribution in [0.1, 0.15) is 187 Å². The van der Waals surface area contributed by atoms with E-state index in [1.807, 2.05) is 0 Å². The smallest absolute Gasteiger partial charge is 0.472 e. The van der Waals surface area contributed by atoms with Crippen molar-refractivity contribution in [3.63, 3.8) is 0 Å². The number of rotatable bonds is 41. The lowest BCUT2D eigenvalue weighted by Gasteiger charge is -2.20. The highest BCUT2D eigenvalue weighted by Gasteiger charge is 2.28. The molecule has 0 heterocycles. The highest BCUT2D eigenvalue weighted by molar-refractivity contribution is 7.47. The van der Waals surface area contributed by atoms with Crippen LogP contribution in [-0.2, 0) is 37.5 Å². The van der Waals surface area contributed by atoms with Crippen LogP contribution in [0.15, 0.2) is 48.6 Å². The molecule has 1 unspecified atom stereocenters. The molecule has 0 aliphatic rings. The van der Waals surface area contributed by atoms with E-state index >= 15 is 0 Å². The van der Waals surface area contributed by atoms with Gasteiger partial charge in [0.25, 0.3) is 0 Å². The number of carboxylic acids is 1.